The molecule has 0 fully saturated rings. The molecule has 0 bridgehead atoms. The smallest absolute Gasteiger partial charge is 0.0962 e. The van der Waals surface area contributed by atoms with Gasteiger partial charge in [-0.05, 0) is 18.6 Å². The molecule has 5 heteroatoms. The van der Waals surface area contributed by atoms with Gasteiger partial charge in [0.2, 0.25) is 0 Å². The molecule has 0 spiro atoms. The van der Waals surface area contributed by atoms with Crippen molar-refractivity contribution in [1.82, 2.24) is 4.98 Å². The topological polar surface area (TPSA) is 33.1 Å². The van der Waals surface area contributed by atoms with Crippen molar-refractivity contribution in [1.29, 1.82) is 0 Å². The van der Waals surface area contributed by atoms with Gasteiger partial charge in [-0.2, -0.15) is 0 Å². The maximum Gasteiger partial charge on any atom is 0.0962 e. The van der Waals surface area contributed by atoms with E-state index in [0.717, 1.165) is 26.3 Å². The van der Waals surface area contributed by atoms with Gasteiger partial charge in [-0.3, -0.25) is 0 Å². The minimum Gasteiger partial charge on any atom is -0.396 e. The Kier molecular flexibility index (Phi) is 3.97. The Bertz CT molecular complexity index is 466. The number of aliphatic hydroxyl groups excluding tert-OH is 1. The molecule has 1 unspecified atom stereocenters. The van der Waals surface area contributed by atoms with E-state index in [2.05, 4.69) is 11.9 Å². The van der Waals surface area contributed by atoms with Gasteiger partial charge < -0.3 is 5.11 Å². The maximum atomic E-state index is 8.89. The van der Waals surface area contributed by atoms with Crippen molar-refractivity contribution in [3.05, 3.63) is 26.9 Å². The molecule has 2 nitrogen and oxygen atoms in total. The maximum absolute atomic E-state index is 8.89. The van der Waals surface area contributed by atoms with Crippen molar-refractivity contribution in [2.45, 2.75) is 19.3 Å². The molecule has 16 heavy (non-hydrogen) atoms. The van der Waals surface area contributed by atoms with Crippen LogP contribution in [0.4, 0.5) is 0 Å². The van der Waals surface area contributed by atoms with Crippen LogP contribution in [0.3, 0.4) is 0 Å². The van der Waals surface area contributed by atoms with Crippen LogP contribution in [-0.4, -0.2) is 16.7 Å². The molecule has 0 amide bonds. The number of halogens is 1. The molecule has 2 heterocycles. The van der Waals surface area contributed by atoms with Gasteiger partial charge >= 0.3 is 0 Å². The van der Waals surface area contributed by atoms with E-state index in [4.69, 9.17) is 16.7 Å². The Morgan fingerprint density at radius 1 is 1.50 bits per heavy atom. The zero-order valence-corrected chi connectivity index (χ0v) is 11.2. The normalized spacial score (nSPS) is 12.9. The first-order valence-electron chi connectivity index (χ1n) is 5.02. The van der Waals surface area contributed by atoms with E-state index in [9.17, 15) is 0 Å². The molecule has 0 aromatic carbocycles. The largest absolute Gasteiger partial charge is 0.396 e. The lowest BCUT2D eigenvalue weighted by Gasteiger charge is -2.03. The van der Waals surface area contributed by atoms with Gasteiger partial charge in [-0.1, -0.05) is 18.5 Å². The standard InChI is InChI=1S/C11H12ClNOS2/c1-7(4-5-14)11-13-8(6-15-11)9-2-3-10(12)16-9/h2-3,6-7,14H,4-5H2,1H3. The van der Waals surface area contributed by atoms with Crippen LogP contribution in [0.1, 0.15) is 24.3 Å². The first kappa shape index (κ1) is 12.0. The highest BCUT2D eigenvalue weighted by atomic mass is 35.5. The summed E-state index contributed by atoms with van der Waals surface area (Å²) >= 11 is 9.07. The van der Waals surface area contributed by atoms with Gasteiger partial charge in [0.25, 0.3) is 0 Å². The van der Waals surface area contributed by atoms with E-state index in [1.54, 1.807) is 11.3 Å². The van der Waals surface area contributed by atoms with Gasteiger partial charge in [-0.25, -0.2) is 4.98 Å². The molecule has 0 aliphatic carbocycles. The number of thiazole rings is 1. The minimum atomic E-state index is 0.209. The minimum absolute atomic E-state index is 0.209. The second-order valence-corrected chi connectivity index (χ2v) is 6.19. The summed E-state index contributed by atoms with van der Waals surface area (Å²) in [7, 11) is 0. The number of hydrogen-bond donors (Lipinski definition) is 1. The zero-order valence-electron chi connectivity index (χ0n) is 8.81. The van der Waals surface area contributed by atoms with E-state index >= 15 is 0 Å². The summed E-state index contributed by atoms with van der Waals surface area (Å²) in [5.41, 5.74) is 0.988. The molecule has 1 N–H and O–H groups in total. The number of aliphatic hydroxyl groups is 1. The van der Waals surface area contributed by atoms with Crippen LogP contribution >= 0.6 is 34.3 Å². The first-order chi connectivity index (χ1) is 7.70. The van der Waals surface area contributed by atoms with Crippen LogP contribution in [0, 0.1) is 0 Å². The third-order valence-electron chi connectivity index (χ3n) is 2.33. The van der Waals surface area contributed by atoms with Gasteiger partial charge in [0.15, 0.2) is 0 Å². The summed E-state index contributed by atoms with van der Waals surface area (Å²) in [5.74, 6) is 0.319. The Morgan fingerprint density at radius 2 is 2.31 bits per heavy atom. The van der Waals surface area contributed by atoms with Gasteiger partial charge in [0, 0.05) is 17.9 Å². The van der Waals surface area contributed by atoms with Crippen molar-refractivity contribution in [2.24, 2.45) is 0 Å². The molecule has 1 atom stereocenters. The molecule has 0 aliphatic heterocycles. The van der Waals surface area contributed by atoms with Crippen LogP contribution in [-0.2, 0) is 0 Å². The highest BCUT2D eigenvalue weighted by molar-refractivity contribution is 7.19. The summed E-state index contributed by atoms with van der Waals surface area (Å²) in [5, 5.41) is 12.0. The van der Waals surface area contributed by atoms with Crippen LogP contribution in [0.25, 0.3) is 10.6 Å². The van der Waals surface area contributed by atoms with Gasteiger partial charge in [0.1, 0.15) is 0 Å². The molecule has 2 rings (SSSR count). The molecule has 0 radical (unpaired) electrons. The molecule has 2 aromatic heterocycles. The van der Waals surface area contributed by atoms with Gasteiger partial charge in [0.05, 0.1) is 19.9 Å². The number of nitrogens with zero attached hydrogens (tertiary/aromatic N) is 1. The van der Waals surface area contributed by atoms with Crippen molar-refractivity contribution in [3.8, 4) is 10.6 Å². The Morgan fingerprint density at radius 3 is 2.94 bits per heavy atom. The molecule has 86 valence electrons. The lowest BCUT2D eigenvalue weighted by molar-refractivity contribution is 0.278. The quantitative estimate of drug-likeness (QED) is 0.913. The summed E-state index contributed by atoms with van der Waals surface area (Å²) in [6, 6.07) is 3.88. The molecular weight excluding hydrogens is 262 g/mol. The Hall–Kier alpha value is -0.420. The highest BCUT2D eigenvalue weighted by Crippen LogP contribution is 2.33. The fraction of sp³-hybridized carbons (Fsp3) is 0.364. The van der Waals surface area contributed by atoms with Crippen molar-refractivity contribution >= 4 is 34.3 Å². The van der Waals surface area contributed by atoms with Crippen LogP contribution in [0.2, 0.25) is 4.34 Å². The number of rotatable bonds is 4. The fourth-order valence-corrected chi connectivity index (χ4v) is 3.39. The van der Waals surface area contributed by atoms with Crippen molar-refractivity contribution < 1.29 is 5.11 Å². The second-order valence-electron chi connectivity index (χ2n) is 3.59. The summed E-state index contributed by atoms with van der Waals surface area (Å²) in [6.07, 6.45) is 0.762. The van der Waals surface area contributed by atoms with E-state index in [1.165, 1.54) is 11.3 Å². The van der Waals surface area contributed by atoms with Crippen LogP contribution in [0.15, 0.2) is 17.5 Å². The lowest BCUT2D eigenvalue weighted by atomic mass is 10.1. The van der Waals surface area contributed by atoms with Gasteiger partial charge in [-0.15, -0.1) is 22.7 Å². The molecule has 2 aromatic rings. The fourth-order valence-electron chi connectivity index (χ4n) is 1.40. The summed E-state index contributed by atoms with van der Waals surface area (Å²) in [4.78, 5) is 5.67. The molecular formula is C11H12ClNOS2. The third kappa shape index (κ3) is 2.63. The average Bonchev–Trinajstić information content (AvgIpc) is 2.85. The van der Waals surface area contributed by atoms with E-state index < -0.39 is 0 Å². The molecule has 0 saturated carbocycles. The van der Waals surface area contributed by atoms with Crippen molar-refractivity contribution in [3.63, 3.8) is 0 Å². The van der Waals surface area contributed by atoms with Crippen molar-refractivity contribution in [2.75, 3.05) is 6.61 Å². The SMILES string of the molecule is CC(CCO)c1nc(-c2ccc(Cl)s2)cs1. The summed E-state index contributed by atoms with van der Waals surface area (Å²) < 4.78 is 0.785. The first-order valence-corrected chi connectivity index (χ1v) is 7.10. The number of aromatic nitrogens is 1. The molecule has 0 saturated heterocycles. The van der Waals surface area contributed by atoms with E-state index in [1.807, 2.05) is 17.5 Å². The lowest BCUT2D eigenvalue weighted by Crippen LogP contribution is -1.95. The van der Waals surface area contributed by atoms with E-state index in [-0.39, 0.29) is 6.61 Å². The van der Waals surface area contributed by atoms with Crippen LogP contribution in [0.5, 0.6) is 0 Å². The second kappa shape index (κ2) is 5.27. The Balaban J connectivity index is 2.19. The third-order valence-corrected chi connectivity index (χ3v) is 4.66. The average molecular weight is 274 g/mol. The van der Waals surface area contributed by atoms with E-state index in [0.29, 0.717) is 5.92 Å². The number of thiophene rings is 1. The summed E-state index contributed by atoms with van der Waals surface area (Å²) in [6.45, 7) is 2.29. The predicted octanol–water partition coefficient (Wildman–Crippen LogP) is 4.01. The monoisotopic (exact) mass is 273 g/mol. The predicted molar refractivity (Wildman–Crippen MR) is 70.6 cm³/mol. The number of hydrogen-bond acceptors (Lipinski definition) is 4. The Labute approximate surface area is 108 Å². The molecule has 0 aliphatic rings. The highest BCUT2D eigenvalue weighted by Gasteiger charge is 2.12. The zero-order chi connectivity index (χ0) is 11.5. The van der Waals surface area contributed by atoms with Crippen LogP contribution < -0.4 is 0 Å².